The SMILES string of the molecule is COc1cc([C@H]2[C@@H]3C(=O)N(c4ccc(Cl)c(Cl)c4)C(=O)[C@H]3ON2c2ccccc2)ccc1O. The van der Waals surface area contributed by atoms with Crippen molar-refractivity contribution in [1.82, 2.24) is 0 Å². The maximum Gasteiger partial charge on any atom is 0.266 e. The second kappa shape index (κ2) is 8.26. The lowest BCUT2D eigenvalue weighted by atomic mass is 9.90. The smallest absolute Gasteiger partial charge is 0.266 e. The van der Waals surface area contributed by atoms with E-state index in [0.717, 1.165) is 4.90 Å². The van der Waals surface area contributed by atoms with Gasteiger partial charge < -0.3 is 9.84 Å². The van der Waals surface area contributed by atoms with Gasteiger partial charge in [-0.05, 0) is 48.0 Å². The number of para-hydroxylation sites is 1. The quantitative estimate of drug-likeness (QED) is 0.537. The van der Waals surface area contributed by atoms with Crippen LogP contribution in [-0.2, 0) is 14.4 Å². The van der Waals surface area contributed by atoms with E-state index in [-0.39, 0.29) is 16.5 Å². The zero-order valence-corrected chi connectivity index (χ0v) is 18.8. The van der Waals surface area contributed by atoms with Crippen LogP contribution in [0.3, 0.4) is 0 Å². The summed E-state index contributed by atoms with van der Waals surface area (Å²) in [6.07, 6.45) is -1.03. The Morgan fingerprint density at radius 2 is 1.67 bits per heavy atom. The Morgan fingerprint density at radius 3 is 2.36 bits per heavy atom. The molecule has 168 valence electrons. The molecule has 0 spiro atoms. The number of aromatic hydroxyl groups is 1. The molecule has 2 aliphatic rings. The van der Waals surface area contributed by atoms with Crippen LogP contribution in [0.1, 0.15) is 11.6 Å². The van der Waals surface area contributed by atoms with E-state index in [1.54, 1.807) is 23.3 Å². The van der Waals surface area contributed by atoms with Gasteiger partial charge in [0.25, 0.3) is 5.91 Å². The highest BCUT2D eigenvalue weighted by molar-refractivity contribution is 6.42. The number of fused-ring (bicyclic) bond motifs is 1. The second-order valence-corrected chi connectivity index (χ2v) is 8.51. The van der Waals surface area contributed by atoms with Gasteiger partial charge in [-0.1, -0.05) is 47.5 Å². The molecule has 3 aromatic carbocycles. The van der Waals surface area contributed by atoms with Crippen LogP contribution in [0.15, 0.2) is 66.7 Å². The molecule has 0 bridgehead atoms. The number of phenolic OH excluding ortho intramolecular Hbond substituents is 1. The Balaban J connectivity index is 1.60. The van der Waals surface area contributed by atoms with Crippen LogP contribution in [0.5, 0.6) is 11.5 Å². The van der Waals surface area contributed by atoms with Crippen molar-refractivity contribution < 1.29 is 24.3 Å². The first-order valence-electron chi connectivity index (χ1n) is 10.1. The first kappa shape index (κ1) is 21.6. The van der Waals surface area contributed by atoms with Crippen molar-refractivity contribution in [2.75, 3.05) is 17.1 Å². The minimum Gasteiger partial charge on any atom is -0.504 e. The lowest BCUT2D eigenvalue weighted by Crippen LogP contribution is -2.37. The Hall–Kier alpha value is -3.26. The minimum atomic E-state index is -1.03. The van der Waals surface area contributed by atoms with E-state index in [1.165, 1.54) is 25.3 Å². The monoisotopic (exact) mass is 484 g/mol. The average Bonchev–Trinajstić information content (AvgIpc) is 3.33. The standard InChI is InChI=1S/C24H18Cl2N2O5/c1-32-19-11-13(7-10-18(19)29)21-20-22(33-28(21)14-5-3-2-4-6-14)24(31)27(23(20)30)15-8-9-16(25)17(26)12-15/h2-12,20-22,29H,1H3/t20-,21-,22-/m0/s1. The number of benzene rings is 3. The van der Waals surface area contributed by atoms with Crippen LogP contribution in [-0.4, -0.2) is 30.1 Å². The van der Waals surface area contributed by atoms with Crippen molar-refractivity contribution in [3.63, 3.8) is 0 Å². The van der Waals surface area contributed by atoms with E-state index in [9.17, 15) is 14.7 Å². The largest absolute Gasteiger partial charge is 0.504 e. The van der Waals surface area contributed by atoms with Gasteiger partial charge in [0.05, 0.1) is 34.6 Å². The number of nitrogens with zero attached hydrogens (tertiary/aromatic N) is 2. The lowest BCUT2D eigenvalue weighted by Gasteiger charge is -2.29. The maximum atomic E-state index is 13.6. The molecule has 2 heterocycles. The minimum absolute atomic E-state index is 0.0331. The number of carbonyl (C=O) groups is 2. The fourth-order valence-corrected chi connectivity index (χ4v) is 4.60. The molecule has 7 nitrogen and oxygen atoms in total. The molecule has 3 aromatic rings. The van der Waals surface area contributed by atoms with Crippen molar-refractivity contribution in [3.8, 4) is 11.5 Å². The van der Waals surface area contributed by atoms with E-state index in [4.69, 9.17) is 32.8 Å². The van der Waals surface area contributed by atoms with Gasteiger partial charge in [0.2, 0.25) is 5.91 Å². The first-order chi connectivity index (χ1) is 15.9. The van der Waals surface area contributed by atoms with E-state index in [2.05, 4.69) is 0 Å². The van der Waals surface area contributed by atoms with Gasteiger partial charge in [0, 0.05) is 0 Å². The predicted molar refractivity (Wildman–Crippen MR) is 124 cm³/mol. The topological polar surface area (TPSA) is 79.3 Å². The average molecular weight is 485 g/mol. The van der Waals surface area contributed by atoms with Crippen LogP contribution < -0.4 is 14.7 Å². The van der Waals surface area contributed by atoms with Crippen molar-refractivity contribution in [2.24, 2.45) is 5.92 Å². The molecule has 1 N–H and O–H groups in total. The zero-order chi connectivity index (χ0) is 23.3. The highest BCUT2D eigenvalue weighted by atomic mass is 35.5. The zero-order valence-electron chi connectivity index (χ0n) is 17.3. The van der Waals surface area contributed by atoms with Crippen molar-refractivity contribution >= 4 is 46.4 Å². The Kier molecular flexibility index (Phi) is 5.40. The molecule has 0 aromatic heterocycles. The number of anilines is 2. The predicted octanol–water partition coefficient (Wildman–Crippen LogP) is 4.76. The number of imide groups is 1. The van der Waals surface area contributed by atoms with Crippen LogP contribution in [0.4, 0.5) is 11.4 Å². The number of halogens is 2. The number of carbonyl (C=O) groups excluding carboxylic acids is 2. The van der Waals surface area contributed by atoms with Crippen LogP contribution >= 0.6 is 23.2 Å². The molecule has 2 aliphatic heterocycles. The molecule has 0 radical (unpaired) electrons. The molecule has 0 saturated carbocycles. The fourth-order valence-electron chi connectivity index (χ4n) is 4.31. The Morgan fingerprint density at radius 1 is 0.909 bits per heavy atom. The number of ether oxygens (including phenoxy) is 1. The summed E-state index contributed by atoms with van der Waals surface area (Å²) in [5, 5.41) is 12.2. The van der Waals surface area contributed by atoms with E-state index >= 15 is 0 Å². The third-order valence-electron chi connectivity index (χ3n) is 5.83. The third-order valence-corrected chi connectivity index (χ3v) is 6.57. The molecule has 2 saturated heterocycles. The fraction of sp³-hybridized carbons (Fsp3) is 0.167. The van der Waals surface area contributed by atoms with Crippen LogP contribution in [0.25, 0.3) is 0 Å². The van der Waals surface area contributed by atoms with Crippen molar-refractivity contribution in [3.05, 3.63) is 82.3 Å². The van der Waals surface area contributed by atoms with Crippen LogP contribution in [0.2, 0.25) is 10.0 Å². The summed E-state index contributed by atoms with van der Waals surface area (Å²) < 4.78 is 5.26. The third kappa shape index (κ3) is 3.49. The molecule has 5 rings (SSSR count). The van der Waals surface area contributed by atoms with Gasteiger partial charge in [-0.15, -0.1) is 0 Å². The van der Waals surface area contributed by atoms with Gasteiger partial charge in [-0.25, -0.2) is 9.96 Å². The van der Waals surface area contributed by atoms with Gasteiger partial charge in [-0.2, -0.15) is 0 Å². The highest BCUT2D eigenvalue weighted by Crippen LogP contribution is 2.48. The molecule has 3 atom stereocenters. The number of hydrogen-bond donors (Lipinski definition) is 1. The number of rotatable bonds is 4. The van der Waals surface area contributed by atoms with Gasteiger partial charge in [-0.3, -0.25) is 14.4 Å². The van der Waals surface area contributed by atoms with Gasteiger partial charge in [0.15, 0.2) is 17.6 Å². The summed E-state index contributed by atoms with van der Waals surface area (Å²) in [5.41, 5.74) is 1.66. The lowest BCUT2D eigenvalue weighted by molar-refractivity contribution is -0.126. The molecular weight excluding hydrogens is 467 g/mol. The molecule has 2 amide bonds. The number of hydrogen-bond acceptors (Lipinski definition) is 6. The summed E-state index contributed by atoms with van der Waals surface area (Å²) in [7, 11) is 1.44. The number of phenols is 1. The molecule has 2 fully saturated rings. The molecule has 0 aliphatic carbocycles. The summed E-state index contributed by atoms with van der Waals surface area (Å²) in [6.45, 7) is 0. The summed E-state index contributed by atoms with van der Waals surface area (Å²) in [6, 6.07) is 18.0. The normalized spacial score (nSPS) is 22.1. The molecular formula is C24H18Cl2N2O5. The molecule has 9 heteroatoms. The number of methoxy groups -OCH3 is 1. The number of hydroxylamine groups is 1. The Bertz CT molecular complexity index is 1250. The molecule has 33 heavy (non-hydrogen) atoms. The molecule has 0 unspecified atom stereocenters. The van der Waals surface area contributed by atoms with E-state index in [0.29, 0.717) is 22.0 Å². The number of amides is 2. The Labute approximate surface area is 199 Å². The van der Waals surface area contributed by atoms with Crippen LogP contribution in [0, 0.1) is 5.92 Å². The second-order valence-electron chi connectivity index (χ2n) is 7.70. The summed E-state index contributed by atoms with van der Waals surface area (Å²) >= 11 is 12.1. The highest BCUT2D eigenvalue weighted by Gasteiger charge is 2.60. The van der Waals surface area contributed by atoms with E-state index < -0.39 is 29.9 Å². The first-order valence-corrected chi connectivity index (χ1v) is 10.9. The van der Waals surface area contributed by atoms with Gasteiger partial charge in [0.1, 0.15) is 5.92 Å². The maximum absolute atomic E-state index is 13.6. The van der Waals surface area contributed by atoms with E-state index in [1.807, 2.05) is 30.3 Å². The van der Waals surface area contributed by atoms with Gasteiger partial charge >= 0.3 is 0 Å². The summed E-state index contributed by atoms with van der Waals surface area (Å²) in [5.74, 6) is -1.52. The van der Waals surface area contributed by atoms with Crippen molar-refractivity contribution in [1.29, 1.82) is 0 Å². The summed E-state index contributed by atoms with van der Waals surface area (Å²) in [4.78, 5) is 34.1. The van der Waals surface area contributed by atoms with Crippen molar-refractivity contribution in [2.45, 2.75) is 12.1 Å².